The summed E-state index contributed by atoms with van der Waals surface area (Å²) in [5, 5.41) is 10.5. The summed E-state index contributed by atoms with van der Waals surface area (Å²) < 4.78 is 17.9. The van der Waals surface area contributed by atoms with Crippen molar-refractivity contribution in [2.45, 2.75) is 25.4 Å². The SMILES string of the molecule is CN1C(=O)[C@@H](N2CCc3c(nn(Cc4ccccc4)c3Cl)C2=O)Cc2nn(-c3cnccc3F)c3cccc1c23. The van der Waals surface area contributed by atoms with Gasteiger partial charge < -0.3 is 9.80 Å². The fourth-order valence-electron chi connectivity index (χ4n) is 5.71. The Labute approximate surface area is 233 Å². The molecule has 0 bridgehead atoms. The van der Waals surface area contributed by atoms with Gasteiger partial charge in [0.05, 0.1) is 29.6 Å². The maximum absolute atomic E-state index is 14.7. The third kappa shape index (κ3) is 3.70. The first-order valence-electron chi connectivity index (χ1n) is 12.9. The van der Waals surface area contributed by atoms with E-state index in [4.69, 9.17) is 16.7 Å². The molecule has 5 aromatic rings. The van der Waals surface area contributed by atoms with Gasteiger partial charge in [0.2, 0.25) is 5.91 Å². The van der Waals surface area contributed by atoms with Gasteiger partial charge in [0.15, 0.2) is 11.5 Å². The van der Waals surface area contributed by atoms with Gasteiger partial charge >= 0.3 is 0 Å². The molecule has 2 aliphatic rings. The fourth-order valence-corrected chi connectivity index (χ4v) is 5.99. The second kappa shape index (κ2) is 9.27. The lowest BCUT2D eigenvalue weighted by Gasteiger charge is -2.34. The Morgan fingerprint density at radius 3 is 2.65 bits per heavy atom. The number of pyridine rings is 1. The Bertz CT molecular complexity index is 1820. The van der Waals surface area contributed by atoms with Gasteiger partial charge in [-0.05, 0) is 30.2 Å². The summed E-state index contributed by atoms with van der Waals surface area (Å²) in [6.07, 6.45) is 3.44. The summed E-state index contributed by atoms with van der Waals surface area (Å²) in [6, 6.07) is 15.7. The monoisotopic (exact) mass is 555 g/mol. The van der Waals surface area contributed by atoms with Gasteiger partial charge in [-0.1, -0.05) is 48.0 Å². The van der Waals surface area contributed by atoms with E-state index in [1.54, 1.807) is 27.6 Å². The number of carbonyl (C=O) groups is 2. The summed E-state index contributed by atoms with van der Waals surface area (Å²) >= 11 is 6.66. The van der Waals surface area contributed by atoms with Crippen LogP contribution < -0.4 is 4.90 Å². The van der Waals surface area contributed by atoms with Crippen molar-refractivity contribution >= 4 is 40.0 Å². The van der Waals surface area contributed by atoms with Crippen LogP contribution in [-0.2, 0) is 24.2 Å². The number of likely N-dealkylation sites (N-methyl/N-ethyl adjacent to an activating group) is 1. The lowest BCUT2D eigenvalue weighted by molar-refractivity contribution is -0.122. The molecule has 0 radical (unpaired) electrons. The molecule has 0 fully saturated rings. The normalized spacial score (nSPS) is 16.9. The standard InChI is InChI=1S/C29H23ClFN7O2/c1-35-21-8-5-9-22-25(21)20(33-38(22)24-15-32-12-10-19(24)31)14-23(28(35)39)36-13-11-18-26(29(36)40)34-37(27(18)30)16-17-6-3-2-4-7-17/h2-10,12,15,23H,11,13-14,16H2,1H3/t23-/m0/s1. The van der Waals surface area contributed by atoms with E-state index in [9.17, 15) is 14.0 Å². The quantitative estimate of drug-likeness (QED) is 0.334. The van der Waals surface area contributed by atoms with Crippen LogP contribution in [0.5, 0.6) is 0 Å². The Balaban J connectivity index is 1.27. The predicted octanol–water partition coefficient (Wildman–Crippen LogP) is 4.04. The van der Waals surface area contributed by atoms with E-state index in [0.29, 0.717) is 47.1 Å². The molecule has 0 saturated carbocycles. The van der Waals surface area contributed by atoms with Crippen LogP contribution in [0.15, 0.2) is 67.0 Å². The van der Waals surface area contributed by atoms with Gasteiger partial charge in [-0.3, -0.25) is 14.6 Å². The summed E-state index contributed by atoms with van der Waals surface area (Å²) in [7, 11) is 1.69. The predicted molar refractivity (Wildman–Crippen MR) is 147 cm³/mol. The molecule has 40 heavy (non-hydrogen) atoms. The Morgan fingerprint density at radius 2 is 1.85 bits per heavy atom. The Morgan fingerprint density at radius 1 is 1.02 bits per heavy atom. The van der Waals surface area contributed by atoms with Gasteiger partial charge in [0.25, 0.3) is 5.91 Å². The molecule has 200 valence electrons. The van der Waals surface area contributed by atoms with Crippen LogP contribution in [0.25, 0.3) is 16.6 Å². The zero-order valence-corrected chi connectivity index (χ0v) is 22.2. The first-order valence-corrected chi connectivity index (χ1v) is 13.3. The van der Waals surface area contributed by atoms with Crippen LogP contribution in [-0.4, -0.2) is 60.9 Å². The van der Waals surface area contributed by atoms with Gasteiger partial charge in [-0.2, -0.15) is 10.2 Å². The van der Waals surface area contributed by atoms with Crippen molar-refractivity contribution in [1.29, 1.82) is 0 Å². The van der Waals surface area contributed by atoms with Crippen molar-refractivity contribution in [3.8, 4) is 5.69 Å². The van der Waals surface area contributed by atoms with Crippen LogP contribution in [0.1, 0.15) is 27.3 Å². The van der Waals surface area contributed by atoms with E-state index in [-0.39, 0.29) is 29.6 Å². The summed E-state index contributed by atoms with van der Waals surface area (Å²) in [4.78, 5) is 34.8. The maximum atomic E-state index is 14.7. The molecule has 5 heterocycles. The van der Waals surface area contributed by atoms with Crippen molar-refractivity contribution < 1.29 is 14.0 Å². The minimum Gasteiger partial charge on any atom is -0.324 e. The Hall–Kier alpha value is -4.57. The summed E-state index contributed by atoms with van der Waals surface area (Å²) in [6.45, 7) is 0.741. The molecule has 0 unspecified atom stereocenters. The van der Waals surface area contributed by atoms with Crippen molar-refractivity contribution in [1.82, 2.24) is 29.4 Å². The number of anilines is 1. The molecular weight excluding hydrogens is 533 g/mol. The molecule has 7 rings (SSSR count). The molecule has 9 nitrogen and oxygen atoms in total. The second-order valence-corrected chi connectivity index (χ2v) is 10.3. The summed E-state index contributed by atoms with van der Waals surface area (Å²) in [5.74, 6) is -1.03. The Kier molecular flexibility index (Phi) is 5.67. The number of aromatic nitrogens is 5. The third-order valence-electron chi connectivity index (χ3n) is 7.70. The van der Waals surface area contributed by atoms with Gasteiger partial charge in [-0.15, -0.1) is 0 Å². The highest BCUT2D eigenvalue weighted by molar-refractivity contribution is 6.31. The van der Waals surface area contributed by atoms with E-state index in [1.165, 1.54) is 23.1 Å². The van der Waals surface area contributed by atoms with E-state index >= 15 is 0 Å². The first kappa shape index (κ1) is 24.5. The number of fused-ring (bicyclic) bond motifs is 1. The third-order valence-corrected chi connectivity index (χ3v) is 8.12. The summed E-state index contributed by atoms with van der Waals surface area (Å²) in [5.41, 5.74) is 4.07. The molecule has 2 aromatic carbocycles. The molecule has 0 aliphatic carbocycles. The van der Waals surface area contributed by atoms with Crippen molar-refractivity contribution in [3.63, 3.8) is 0 Å². The lowest BCUT2D eigenvalue weighted by atomic mass is 10.0. The molecule has 2 amide bonds. The minimum atomic E-state index is -0.818. The largest absolute Gasteiger partial charge is 0.324 e. The van der Waals surface area contributed by atoms with E-state index in [0.717, 1.165) is 10.9 Å². The molecule has 11 heteroatoms. The van der Waals surface area contributed by atoms with Gasteiger partial charge in [0, 0.05) is 37.2 Å². The molecule has 1 atom stereocenters. The number of halogens is 2. The minimum absolute atomic E-state index is 0.172. The van der Waals surface area contributed by atoms with E-state index < -0.39 is 11.9 Å². The zero-order valence-electron chi connectivity index (χ0n) is 21.5. The highest BCUT2D eigenvalue weighted by atomic mass is 35.5. The molecule has 3 aromatic heterocycles. The number of carbonyl (C=O) groups excluding carboxylic acids is 2. The highest BCUT2D eigenvalue weighted by Gasteiger charge is 2.41. The van der Waals surface area contributed by atoms with Crippen molar-refractivity contribution in [2.24, 2.45) is 0 Å². The number of amides is 2. The van der Waals surface area contributed by atoms with Crippen LogP contribution in [0.4, 0.5) is 10.1 Å². The molecule has 0 spiro atoms. The van der Waals surface area contributed by atoms with Crippen LogP contribution in [0.3, 0.4) is 0 Å². The average Bonchev–Trinajstić information content (AvgIpc) is 3.47. The number of nitrogens with zero attached hydrogens (tertiary/aromatic N) is 7. The first-order chi connectivity index (χ1) is 19.4. The maximum Gasteiger partial charge on any atom is 0.275 e. The van der Waals surface area contributed by atoms with Crippen molar-refractivity contribution in [2.75, 3.05) is 18.5 Å². The molecular formula is C29H23ClFN7O2. The molecule has 0 saturated heterocycles. The number of hydrogen-bond acceptors (Lipinski definition) is 5. The van der Waals surface area contributed by atoms with Crippen LogP contribution in [0.2, 0.25) is 5.15 Å². The van der Waals surface area contributed by atoms with E-state index in [2.05, 4.69) is 10.1 Å². The average molecular weight is 556 g/mol. The number of rotatable bonds is 4. The lowest BCUT2D eigenvalue weighted by Crippen LogP contribution is -2.53. The zero-order chi connectivity index (χ0) is 27.5. The van der Waals surface area contributed by atoms with Crippen LogP contribution >= 0.6 is 11.6 Å². The number of hydrogen-bond donors (Lipinski definition) is 0. The highest BCUT2D eigenvalue weighted by Crippen LogP contribution is 2.37. The smallest absolute Gasteiger partial charge is 0.275 e. The fraction of sp³-hybridized carbons (Fsp3) is 0.207. The van der Waals surface area contributed by atoms with Crippen LogP contribution in [0, 0.1) is 5.82 Å². The van der Waals surface area contributed by atoms with Gasteiger partial charge in [-0.25, -0.2) is 13.8 Å². The van der Waals surface area contributed by atoms with Crippen molar-refractivity contribution in [3.05, 3.63) is 100 Å². The molecule has 0 N–H and O–H groups in total. The van der Waals surface area contributed by atoms with E-state index in [1.807, 2.05) is 42.5 Å². The second-order valence-electron chi connectivity index (χ2n) is 9.98. The number of benzene rings is 2. The topological polar surface area (TPSA) is 89.2 Å². The molecule has 2 aliphatic heterocycles. The van der Waals surface area contributed by atoms with Gasteiger partial charge in [0.1, 0.15) is 16.9 Å².